The van der Waals surface area contributed by atoms with Gasteiger partial charge in [0.15, 0.2) is 5.60 Å². The lowest BCUT2D eigenvalue weighted by Crippen LogP contribution is -2.42. The summed E-state index contributed by atoms with van der Waals surface area (Å²) in [7, 11) is 0. The van der Waals surface area contributed by atoms with Crippen LogP contribution in [-0.4, -0.2) is 43.6 Å². The van der Waals surface area contributed by atoms with E-state index in [-0.39, 0.29) is 12.5 Å². The molecular weight excluding hydrogens is 506 g/mol. The zero-order valence-electron chi connectivity index (χ0n) is 22.1. The van der Waals surface area contributed by atoms with Gasteiger partial charge in [-0.15, -0.1) is 5.10 Å². The predicted octanol–water partition coefficient (Wildman–Crippen LogP) is 4.21. The van der Waals surface area contributed by atoms with Gasteiger partial charge in [-0.2, -0.15) is 0 Å². The van der Waals surface area contributed by atoms with Gasteiger partial charge in [-0.25, -0.2) is 0 Å². The summed E-state index contributed by atoms with van der Waals surface area (Å²) in [6.45, 7) is 2.38. The summed E-state index contributed by atoms with van der Waals surface area (Å²) in [5.74, 6) is -1.31. The highest BCUT2D eigenvalue weighted by atomic mass is 16.3. The van der Waals surface area contributed by atoms with Crippen LogP contribution in [0.2, 0.25) is 0 Å². The number of rotatable bonds is 10. The number of aryl methyl sites for hydroxylation is 1. The summed E-state index contributed by atoms with van der Waals surface area (Å²) in [6.07, 6.45) is 6.60. The van der Waals surface area contributed by atoms with Gasteiger partial charge in [0.05, 0.1) is 11.4 Å². The minimum atomic E-state index is -1.85. The largest absolute Gasteiger partial charge is 0.396 e. The fraction of sp³-hybridized carbons (Fsp3) is 0.226. The van der Waals surface area contributed by atoms with Gasteiger partial charge in [-0.3, -0.25) is 19.2 Å². The molecule has 0 spiro atoms. The van der Waals surface area contributed by atoms with E-state index in [1.54, 1.807) is 60.3 Å². The summed E-state index contributed by atoms with van der Waals surface area (Å²) in [5.41, 5.74) is 1.49. The Morgan fingerprint density at radius 2 is 1.80 bits per heavy atom. The normalized spacial score (nSPS) is 17.3. The van der Waals surface area contributed by atoms with Crippen LogP contribution in [0.5, 0.6) is 0 Å². The minimum absolute atomic E-state index is 0.0157. The summed E-state index contributed by atoms with van der Waals surface area (Å²) in [6, 6.07) is 23.2. The number of aromatic nitrogens is 3. The van der Waals surface area contributed by atoms with Crippen molar-refractivity contribution < 1.29 is 19.8 Å². The topological polar surface area (TPSA) is 121 Å². The number of hydrogen-bond acceptors (Lipinski definition) is 6. The summed E-state index contributed by atoms with van der Waals surface area (Å²) in [5, 5.41) is 32.1. The monoisotopic (exact) mass is 537 g/mol. The Balaban J connectivity index is 1.41. The van der Waals surface area contributed by atoms with Crippen molar-refractivity contribution in [2.24, 2.45) is 5.92 Å². The van der Waals surface area contributed by atoms with E-state index in [4.69, 9.17) is 5.11 Å². The minimum Gasteiger partial charge on any atom is -0.396 e. The Kier molecular flexibility index (Phi) is 7.86. The quantitative estimate of drug-likeness (QED) is 0.261. The van der Waals surface area contributed by atoms with E-state index in [2.05, 4.69) is 15.6 Å². The maximum atomic E-state index is 13.9. The Hall–Kier alpha value is -4.60. The van der Waals surface area contributed by atoms with Gasteiger partial charge in [-0.05, 0) is 48.9 Å². The van der Waals surface area contributed by atoms with E-state index >= 15 is 0 Å². The van der Waals surface area contributed by atoms with E-state index in [9.17, 15) is 14.7 Å². The van der Waals surface area contributed by atoms with E-state index in [1.807, 2.05) is 48.6 Å². The van der Waals surface area contributed by atoms with E-state index in [0.29, 0.717) is 47.6 Å². The van der Waals surface area contributed by atoms with E-state index in [1.165, 1.54) is 4.90 Å². The number of allylic oxidation sites excluding steroid dienone is 1. The molecule has 9 nitrogen and oxygen atoms in total. The SMILES string of the molecule is C[C@@H](/C=C/CCn1cc(CCO)nn1)[C@]1(O)C(=O)N(c2ccccc2)c2ccc(NC(=O)c3ccccc3)cc21. The molecule has 0 saturated carbocycles. The molecule has 40 heavy (non-hydrogen) atoms. The van der Waals surface area contributed by atoms with Crippen LogP contribution in [0.15, 0.2) is 97.2 Å². The number of benzene rings is 3. The fourth-order valence-electron chi connectivity index (χ4n) is 4.90. The highest BCUT2D eigenvalue weighted by molar-refractivity contribution is 6.13. The van der Waals surface area contributed by atoms with Crippen LogP contribution < -0.4 is 10.2 Å². The average molecular weight is 538 g/mol. The van der Waals surface area contributed by atoms with Gasteiger partial charge >= 0.3 is 0 Å². The second-order valence-electron chi connectivity index (χ2n) is 9.75. The molecule has 2 heterocycles. The van der Waals surface area contributed by atoms with Gasteiger partial charge in [0, 0.05) is 54.2 Å². The molecule has 0 unspecified atom stereocenters. The first-order valence-electron chi connectivity index (χ1n) is 13.2. The lowest BCUT2D eigenvalue weighted by atomic mass is 9.82. The molecule has 204 valence electrons. The highest BCUT2D eigenvalue weighted by Crippen LogP contribution is 2.49. The molecule has 0 aliphatic carbocycles. The number of nitrogens with zero attached hydrogens (tertiary/aromatic N) is 4. The molecule has 1 aromatic heterocycles. The molecule has 0 fully saturated rings. The van der Waals surface area contributed by atoms with Crippen LogP contribution in [0, 0.1) is 5.92 Å². The van der Waals surface area contributed by atoms with Crippen LogP contribution in [0.3, 0.4) is 0 Å². The van der Waals surface area contributed by atoms with Crippen LogP contribution in [0.25, 0.3) is 0 Å². The third-order valence-corrected chi connectivity index (χ3v) is 7.05. The molecule has 0 radical (unpaired) electrons. The smallest absolute Gasteiger partial charge is 0.268 e. The van der Waals surface area contributed by atoms with Gasteiger partial charge in [0.2, 0.25) is 0 Å². The number of nitrogens with one attached hydrogen (secondary N) is 1. The lowest BCUT2D eigenvalue weighted by Gasteiger charge is -2.27. The lowest BCUT2D eigenvalue weighted by molar-refractivity contribution is -0.138. The number of anilines is 3. The number of para-hydroxylation sites is 1. The molecule has 1 aliphatic rings. The Morgan fingerprint density at radius 3 is 2.52 bits per heavy atom. The molecule has 1 aliphatic heterocycles. The molecule has 2 atom stereocenters. The van der Waals surface area contributed by atoms with Crippen LogP contribution >= 0.6 is 0 Å². The Morgan fingerprint density at radius 1 is 1.07 bits per heavy atom. The van der Waals surface area contributed by atoms with Gasteiger partial charge in [0.25, 0.3) is 11.8 Å². The van der Waals surface area contributed by atoms with Crippen molar-refractivity contribution in [3.63, 3.8) is 0 Å². The number of amides is 2. The predicted molar refractivity (Wildman–Crippen MR) is 152 cm³/mol. The van der Waals surface area contributed by atoms with Crippen LogP contribution in [0.1, 0.15) is 35.0 Å². The summed E-state index contributed by atoms with van der Waals surface area (Å²) in [4.78, 5) is 28.2. The van der Waals surface area contributed by atoms with Crippen molar-refractivity contribution >= 4 is 28.9 Å². The first kappa shape index (κ1) is 27.0. The molecular formula is C31H31N5O4. The summed E-state index contributed by atoms with van der Waals surface area (Å²) >= 11 is 0. The number of carbonyl (C=O) groups excluding carboxylic acids is 2. The Labute approximate surface area is 232 Å². The number of fused-ring (bicyclic) bond motifs is 1. The van der Waals surface area contributed by atoms with Crippen molar-refractivity contribution in [3.8, 4) is 0 Å². The van der Waals surface area contributed by atoms with Gasteiger partial charge in [0.1, 0.15) is 0 Å². The second-order valence-corrected chi connectivity index (χ2v) is 9.75. The molecule has 3 aromatic carbocycles. The maximum absolute atomic E-state index is 13.9. The summed E-state index contributed by atoms with van der Waals surface area (Å²) < 4.78 is 1.70. The van der Waals surface area contributed by atoms with E-state index in [0.717, 1.165) is 5.69 Å². The van der Waals surface area contributed by atoms with Gasteiger partial charge in [-0.1, -0.05) is 60.7 Å². The Bertz CT molecular complexity index is 1520. The molecule has 0 bridgehead atoms. The molecule has 9 heteroatoms. The van der Waals surface area contributed by atoms with Crippen molar-refractivity contribution in [1.29, 1.82) is 0 Å². The van der Waals surface area contributed by atoms with Crippen molar-refractivity contribution in [1.82, 2.24) is 15.0 Å². The molecule has 5 rings (SSSR count). The van der Waals surface area contributed by atoms with Crippen LogP contribution in [0.4, 0.5) is 17.1 Å². The maximum Gasteiger partial charge on any atom is 0.268 e. The third kappa shape index (κ3) is 5.29. The number of aliphatic hydroxyl groups is 2. The number of carbonyl (C=O) groups is 2. The van der Waals surface area contributed by atoms with Crippen molar-refractivity contribution in [3.05, 3.63) is 114 Å². The van der Waals surface area contributed by atoms with Crippen LogP contribution in [-0.2, 0) is 23.4 Å². The second kappa shape index (κ2) is 11.6. The fourth-order valence-corrected chi connectivity index (χ4v) is 4.90. The number of aliphatic hydroxyl groups excluding tert-OH is 1. The molecule has 3 N–H and O–H groups in total. The zero-order chi connectivity index (χ0) is 28.1. The molecule has 2 amide bonds. The number of hydrogen-bond donors (Lipinski definition) is 3. The first-order chi connectivity index (χ1) is 19.4. The standard InChI is InChI=1S/C31H31N5O4/c1-22(10-8-9-18-35-21-25(17-19-37)33-34-35)31(40)27-20-24(32-29(38)23-11-4-2-5-12-23)15-16-28(27)36(30(31)39)26-13-6-3-7-14-26/h2-8,10-16,20-22,37,40H,9,17-19H2,1H3,(H,32,38)/b10-8+/t22-,31+/m0/s1. The van der Waals surface area contributed by atoms with Gasteiger partial charge < -0.3 is 15.5 Å². The average Bonchev–Trinajstić information content (AvgIpc) is 3.52. The third-order valence-electron chi connectivity index (χ3n) is 7.05. The molecule has 4 aromatic rings. The zero-order valence-corrected chi connectivity index (χ0v) is 22.1. The molecule has 0 saturated heterocycles. The highest BCUT2D eigenvalue weighted by Gasteiger charge is 2.53. The van der Waals surface area contributed by atoms with Crippen molar-refractivity contribution in [2.45, 2.75) is 31.9 Å². The van der Waals surface area contributed by atoms with Crippen molar-refractivity contribution in [2.75, 3.05) is 16.8 Å². The van der Waals surface area contributed by atoms with E-state index < -0.39 is 17.4 Å². The first-order valence-corrected chi connectivity index (χ1v) is 13.2.